The first-order valence-electron chi connectivity index (χ1n) is 9.86. The Morgan fingerprint density at radius 2 is 1.72 bits per heavy atom. The van der Waals surface area contributed by atoms with Crippen LogP contribution in [0.3, 0.4) is 0 Å². The molecule has 2 aromatic heterocycles. The van der Waals surface area contributed by atoms with Crippen molar-refractivity contribution in [2.75, 3.05) is 10.6 Å². The normalized spacial score (nSPS) is 10.4. The van der Waals surface area contributed by atoms with Gasteiger partial charge in [0, 0.05) is 29.0 Å². The van der Waals surface area contributed by atoms with Crippen LogP contribution in [0.5, 0.6) is 11.5 Å². The van der Waals surface area contributed by atoms with E-state index in [4.69, 9.17) is 4.74 Å². The third-order valence-corrected chi connectivity index (χ3v) is 4.66. The fourth-order valence-corrected chi connectivity index (χ4v) is 3.08. The summed E-state index contributed by atoms with van der Waals surface area (Å²) in [5.41, 5.74) is 2.82. The molecule has 0 radical (unpaired) electrons. The predicted molar refractivity (Wildman–Crippen MR) is 124 cm³/mol. The molecule has 2 aromatic carbocycles. The number of ether oxygens (including phenoxy) is 1. The van der Waals surface area contributed by atoms with Crippen molar-refractivity contribution in [3.05, 3.63) is 96.8 Å². The summed E-state index contributed by atoms with van der Waals surface area (Å²) in [5.74, 6) is 1.07. The second-order valence-electron chi connectivity index (χ2n) is 7.03. The summed E-state index contributed by atoms with van der Waals surface area (Å²) in [6.45, 7) is 5.39. The van der Waals surface area contributed by atoms with E-state index >= 15 is 0 Å². The highest BCUT2D eigenvalue weighted by molar-refractivity contribution is 6.04. The van der Waals surface area contributed by atoms with E-state index in [9.17, 15) is 9.59 Å². The van der Waals surface area contributed by atoms with Gasteiger partial charge in [0.05, 0.1) is 5.52 Å². The Bertz CT molecular complexity index is 1320. The SMILES string of the molecule is C=CC(=O)Nc1ccc2nccc(Oc3ccc(C(=O)Nc4cc(C)ccn4)cc3)c2c1. The lowest BCUT2D eigenvalue weighted by atomic mass is 10.1. The van der Waals surface area contributed by atoms with Crippen LogP contribution < -0.4 is 15.4 Å². The number of nitrogens with zero attached hydrogens (tertiary/aromatic N) is 2. The van der Waals surface area contributed by atoms with E-state index in [1.54, 1.807) is 67.0 Å². The van der Waals surface area contributed by atoms with Gasteiger partial charge < -0.3 is 15.4 Å². The van der Waals surface area contributed by atoms with Gasteiger partial charge in [0.2, 0.25) is 5.91 Å². The number of rotatable bonds is 6. The molecular formula is C25H20N4O3. The average molecular weight is 424 g/mol. The van der Waals surface area contributed by atoms with Crippen LogP contribution in [0.4, 0.5) is 11.5 Å². The molecule has 2 heterocycles. The summed E-state index contributed by atoms with van der Waals surface area (Å²) in [5, 5.41) is 6.24. The molecule has 0 aliphatic rings. The summed E-state index contributed by atoms with van der Waals surface area (Å²) in [6, 6.07) is 17.5. The van der Waals surface area contributed by atoms with Crippen molar-refractivity contribution in [1.82, 2.24) is 9.97 Å². The zero-order valence-corrected chi connectivity index (χ0v) is 17.3. The molecule has 0 saturated carbocycles. The van der Waals surface area contributed by atoms with Crippen LogP contribution in [0.1, 0.15) is 15.9 Å². The van der Waals surface area contributed by atoms with Crippen molar-refractivity contribution in [1.29, 1.82) is 0 Å². The number of fused-ring (bicyclic) bond motifs is 1. The molecule has 0 spiro atoms. The second kappa shape index (κ2) is 9.09. The van der Waals surface area contributed by atoms with Gasteiger partial charge in [0.1, 0.15) is 17.3 Å². The number of nitrogens with one attached hydrogen (secondary N) is 2. The lowest BCUT2D eigenvalue weighted by Crippen LogP contribution is -2.12. The highest BCUT2D eigenvalue weighted by atomic mass is 16.5. The minimum Gasteiger partial charge on any atom is -0.457 e. The lowest BCUT2D eigenvalue weighted by molar-refractivity contribution is -0.111. The number of hydrogen-bond donors (Lipinski definition) is 2. The van der Waals surface area contributed by atoms with Crippen molar-refractivity contribution in [2.45, 2.75) is 6.92 Å². The van der Waals surface area contributed by atoms with Gasteiger partial charge in [-0.25, -0.2) is 4.98 Å². The second-order valence-corrected chi connectivity index (χ2v) is 7.03. The Kier molecular flexibility index (Phi) is 5.89. The molecule has 2 N–H and O–H groups in total. The molecule has 0 aliphatic heterocycles. The third kappa shape index (κ3) is 4.79. The number of aryl methyl sites for hydroxylation is 1. The standard InChI is InChI=1S/C25H20N4O3/c1-3-24(30)28-18-6-9-21-20(15-18)22(11-13-26-21)32-19-7-4-17(5-8-19)25(31)29-23-14-16(2)10-12-27-23/h3-15H,1H2,2H3,(H,28,30)(H,27,29,31). The number of carbonyl (C=O) groups is 2. The molecule has 0 saturated heterocycles. The van der Waals surface area contributed by atoms with Crippen LogP contribution in [-0.2, 0) is 4.79 Å². The summed E-state index contributed by atoms with van der Waals surface area (Å²) < 4.78 is 6.03. The summed E-state index contributed by atoms with van der Waals surface area (Å²) in [4.78, 5) is 32.6. The smallest absolute Gasteiger partial charge is 0.256 e. The number of hydrogen-bond acceptors (Lipinski definition) is 5. The van der Waals surface area contributed by atoms with Crippen LogP contribution in [0.2, 0.25) is 0 Å². The van der Waals surface area contributed by atoms with Gasteiger partial charge in [-0.15, -0.1) is 0 Å². The molecule has 0 unspecified atom stereocenters. The Labute approximate surface area is 184 Å². The first-order valence-corrected chi connectivity index (χ1v) is 9.86. The van der Waals surface area contributed by atoms with Crippen LogP contribution in [0.15, 0.2) is 85.7 Å². The van der Waals surface area contributed by atoms with Gasteiger partial charge in [-0.3, -0.25) is 14.6 Å². The maximum atomic E-state index is 12.5. The molecule has 0 atom stereocenters. The monoisotopic (exact) mass is 424 g/mol. The first kappa shape index (κ1) is 20.7. The van der Waals surface area contributed by atoms with E-state index in [0.717, 1.165) is 16.5 Å². The van der Waals surface area contributed by atoms with Crippen LogP contribution in [0.25, 0.3) is 10.9 Å². The van der Waals surface area contributed by atoms with E-state index < -0.39 is 0 Å². The van der Waals surface area contributed by atoms with Crippen molar-refractivity contribution >= 4 is 34.2 Å². The molecule has 4 aromatic rings. The molecule has 7 nitrogen and oxygen atoms in total. The van der Waals surface area contributed by atoms with Crippen molar-refractivity contribution in [2.24, 2.45) is 0 Å². The van der Waals surface area contributed by atoms with Crippen LogP contribution in [0, 0.1) is 6.92 Å². The fraction of sp³-hybridized carbons (Fsp3) is 0.0400. The summed E-state index contributed by atoms with van der Waals surface area (Å²) in [7, 11) is 0. The first-order chi connectivity index (χ1) is 15.5. The fourth-order valence-electron chi connectivity index (χ4n) is 3.08. The van der Waals surface area contributed by atoms with Gasteiger partial charge in [0.25, 0.3) is 5.91 Å². The number of anilines is 2. The van der Waals surface area contributed by atoms with E-state index in [0.29, 0.717) is 28.6 Å². The van der Waals surface area contributed by atoms with Crippen molar-refractivity contribution in [3.63, 3.8) is 0 Å². The van der Waals surface area contributed by atoms with Crippen molar-refractivity contribution in [3.8, 4) is 11.5 Å². The van der Waals surface area contributed by atoms with Gasteiger partial charge in [-0.05, 0) is 79.2 Å². The number of carbonyl (C=O) groups excluding carboxylic acids is 2. The van der Waals surface area contributed by atoms with Crippen LogP contribution in [-0.4, -0.2) is 21.8 Å². The van der Waals surface area contributed by atoms with E-state index in [1.165, 1.54) is 6.08 Å². The number of pyridine rings is 2. The number of benzene rings is 2. The number of amides is 2. The minimum absolute atomic E-state index is 0.258. The maximum Gasteiger partial charge on any atom is 0.256 e. The molecule has 7 heteroatoms. The average Bonchev–Trinajstić information content (AvgIpc) is 2.80. The predicted octanol–water partition coefficient (Wildman–Crippen LogP) is 5.11. The van der Waals surface area contributed by atoms with E-state index in [1.807, 2.05) is 13.0 Å². The molecule has 2 amide bonds. The Hall–Kier alpha value is -4.52. The quantitative estimate of drug-likeness (QED) is 0.420. The summed E-state index contributed by atoms with van der Waals surface area (Å²) >= 11 is 0. The highest BCUT2D eigenvalue weighted by Gasteiger charge is 2.10. The maximum absolute atomic E-state index is 12.5. The molecule has 0 fully saturated rings. The summed E-state index contributed by atoms with van der Waals surface area (Å²) in [6.07, 6.45) is 4.50. The van der Waals surface area contributed by atoms with E-state index in [-0.39, 0.29) is 11.8 Å². The van der Waals surface area contributed by atoms with Crippen molar-refractivity contribution < 1.29 is 14.3 Å². The van der Waals surface area contributed by atoms with E-state index in [2.05, 4.69) is 27.2 Å². The molecule has 0 aliphatic carbocycles. The zero-order valence-electron chi connectivity index (χ0n) is 17.3. The number of aromatic nitrogens is 2. The largest absolute Gasteiger partial charge is 0.457 e. The third-order valence-electron chi connectivity index (χ3n) is 4.66. The lowest BCUT2D eigenvalue weighted by Gasteiger charge is -2.11. The highest BCUT2D eigenvalue weighted by Crippen LogP contribution is 2.31. The Morgan fingerprint density at radius 3 is 2.47 bits per heavy atom. The van der Waals surface area contributed by atoms with Crippen LogP contribution >= 0.6 is 0 Å². The minimum atomic E-state index is -0.301. The Morgan fingerprint density at radius 1 is 0.938 bits per heavy atom. The molecule has 0 bridgehead atoms. The van der Waals surface area contributed by atoms with Gasteiger partial charge >= 0.3 is 0 Å². The molecule has 158 valence electrons. The Balaban J connectivity index is 1.52. The molecule has 32 heavy (non-hydrogen) atoms. The van der Waals surface area contributed by atoms with Gasteiger partial charge in [0.15, 0.2) is 0 Å². The zero-order chi connectivity index (χ0) is 22.5. The molecule has 4 rings (SSSR count). The topological polar surface area (TPSA) is 93.2 Å². The molecular weight excluding hydrogens is 404 g/mol. The van der Waals surface area contributed by atoms with Gasteiger partial charge in [-0.1, -0.05) is 6.58 Å². The van der Waals surface area contributed by atoms with Gasteiger partial charge in [-0.2, -0.15) is 0 Å².